The van der Waals surface area contributed by atoms with E-state index >= 15 is 0 Å². The lowest BCUT2D eigenvalue weighted by molar-refractivity contribution is 0.589. The van der Waals surface area contributed by atoms with Gasteiger partial charge in [-0.05, 0) is 109 Å². The quantitative estimate of drug-likeness (QED) is 0.163. The van der Waals surface area contributed by atoms with Crippen molar-refractivity contribution in [2.24, 2.45) is 0 Å². The Balaban J connectivity index is 0.000000360. The summed E-state index contributed by atoms with van der Waals surface area (Å²) in [6.45, 7) is 38.1. The highest BCUT2D eigenvalue weighted by Crippen LogP contribution is 2.42. The summed E-state index contributed by atoms with van der Waals surface area (Å²) in [7, 11) is 0. The largest absolute Gasteiger partial charge is 0.308 e. The van der Waals surface area contributed by atoms with Crippen LogP contribution in [0.5, 0.6) is 0 Å². The molecule has 0 N–H and O–H groups in total. The molecule has 51 heavy (non-hydrogen) atoms. The zero-order valence-electron chi connectivity index (χ0n) is 35.2. The minimum atomic E-state index is 0.101. The summed E-state index contributed by atoms with van der Waals surface area (Å²) < 4.78 is 2.57. The van der Waals surface area contributed by atoms with Gasteiger partial charge < -0.3 is 4.57 Å². The molecule has 5 aromatic carbocycles. The molecule has 0 atom stereocenters. The van der Waals surface area contributed by atoms with Gasteiger partial charge in [0.25, 0.3) is 0 Å². The van der Waals surface area contributed by atoms with Crippen LogP contribution >= 0.6 is 0 Å². The molecule has 0 radical (unpaired) electrons. The van der Waals surface area contributed by atoms with Gasteiger partial charge in [0.1, 0.15) is 0 Å². The van der Waals surface area contributed by atoms with Gasteiger partial charge in [-0.1, -0.05) is 172 Å². The number of hydrogen-bond acceptors (Lipinski definition) is 0. The smallest absolute Gasteiger partial charge is 0.0570 e. The predicted molar refractivity (Wildman–Crippen MR) is 230 cm³/mol. The summed E-state index contributed by atoms with van der Waals surface area (Å²) in [5.74, 6) is 0. The molecule has 1 heteroatoms. The molecule has 272 valence electrons. The average molecular weight is 682 g/mol. The highest BCUT2D eigenvalue weighted by Gasteiger charge is 2.25. The first kappa shape index (κ1) is 41.3. The first-order chi connectivity index (χ1) is 23.7. The highest BCUT2D eigenvalue weighted by atomic mass is 15.0. The van der Waals surface area contributed by atoms with E-state index in [0.717, 1.165) is 0 Å². The molecule has 0 saturated carbocycles. The maximum absolute atomic E-state index is 2.57. The van der Waals surface area contributed by atoms with E-state index in [-0.39, 0.29) is 16.2 Å². The lowest BCUT2D eigenvalue weighted by Crippen LogP contribution is -2.14. The molecule has 6 rings (SSSR count). The molecule has 0 saturated heterocycles. The first-order valence-electron chi connectivity index (χ1n) is 19.0. The van der Waals surface area contributed by atoms with Crippen molar-refractivity contribution in [1.82, 2.24) is 4.57 Å². The molecule has 1 aromatic heterocycles. The second kappa shape index (κ2) is 16.5. The summed E-state index contributed by atoms with van der Waals surface area (Å²) >= 11 is 0. The fraction of sp³-hybridized carbons (Fsp3) is 0.400. The van der Waals surface area contributed by atoms with E-state index in [1.807, 2.05) is 50.2 Å². The fourth-order valence-corrected chi connectivity index (χ4v) is 6.58. The second-order valence-corrected chi connectivity index (χ2v) is 17.2. The fourth-order valence-electron chi connectivity index (χ4n) is 6.58. The van der Waals surface area contributed by atoms with E-state index in [4.69, 9.17) is 0 Å². The first-order valence-corrected chi connectivity index (χ1v) is 19.0. The average Bonchev–Trinajstić information content (AvgIpc) is 3.37. The standard InChI is InChI=1S/C34H45N.2C7H8.C2H6/c1-20-14-24(32(5,6)7)15-21(2)29(20)35-30-22(3)16-25(33(8,9)10)18-27(30)28-19-26(34(11,12)13)17-23(4)31(28)35;2*1-7-5-3-2-4-6-7;1-2/h14-19H,1-13H3;2*2-6H,1H3;1-2H3. The third-order valence-electron chi connectivity index (χ3n) is 9.53. The van der Waals surface area contributed by atoms with Crippen LogP contribution in [0.1, 0.15) is 126 Å². The van der Waals surface area contributed by atoms with E-state index in [9.17, 15) is 0 Å². The molecule has 0 unspecified atom stereocenters. The Morgan fingerprint density at radius 1 is 0.373 bits per heavy atom. The zero-order valence-corrected chi connectivity index (χ0v) is 35.2. The molecule has 0 aliphatic heterocycles. The van der Waals surface area contributed by atoms with Crippen LogP contribution in [0.25, 0.3) is 27.5 Å². The molecule has 0 aliphatic carbocycles. The van der Waals surface area contributed by atoms with Crippen LogP contribution in [0.15, 0.2) is 97.1 Å². The van der Waals surface area contributed by atoms with Gasteiger partial charge in [-0.25, -0.2) is 0 Å². The van der Waals surface area contributed by atoms with Crippen molar-refractivity contribution in [2.75, 3.05) is 0 Å². The SMILES string of the molecule is CC.Cc1cc(C(C)(C)C)cc(C)c1-n1c2c(C)cc(C(C)(C)C)cc2c2cc(C(C)(C)C)cc(C)c21.Cc1ccccc1.Cc1ccccc1. The van der Waals surface area contributed by atoms with Crippen LogP contribution in [0, 0.1) is 41.5 Å². The molecule has 6 aromatic rings. The number of rotatable bonds is 1. The Kier molecular flexibility index (Phi) is 13.4. The summed E-state index contributed by atoms with van der Waals surface area (Å²) in [6, 6.07) is 35.1. The van der Waals surface area contributed by atoms with Crippen LogP contribution < -0.4 is 0 Å². The zero-order chi connectivity index (χ0) is 38.5. The maximum Gasteiger partial charge on any atom is 0.0570 e. The predicted octanol–water partition coefficient (Wildman–Crippen LogP) is 14.9. The molecule has 0 amide bonds. The normalized spacial score (nSPS) is 11.6. The van der Waals surface area contributed by atoms with Gasteiger partial charge in [0, 0.05) is 10.8 Å². The van der Waals surface area contributed by atoms with E-state index in [1.165, 1.54) is 77.6 Å². The van der Waals surface area contributed by atoms with Crippen molar-refractivity contribution in [1.29, 1.82) is 0 Å². The summed E-state index contributed by atoms with van der Waals surface area (Å²) in [5, 5.41) is 2.75. The number of hydrogen-bond donors (Lipinski definition) is 0. The van der Waals surface area contributed by atoms with Crippen molar-refractivity contribution in [3.63, 3.8) is 0 Å². The van der Waals surface area contributed by atoms with Gasteiger partial charge in [0.05, 0.1) is 16.7 Å². The summed E-state index contributed by atoms with van der Waals surface area (Å²) in [6.07, 6.45) is 0. The lowest BCUT2D eigenvalue weighted by atomic mass is 9.83. The van der Waals surface area contributed by atoms with Crippen LogP contribution in [0.2, 0.25) is 0 Å². The van der Waals surface area contributed by atoms with Crippen molar-refractivity contribution < 1.29 is 0 Å². The van der Waals surface area contributed by atoms with Gasteiger partial charge in [0.15, 0.2) is 0 Å². The van der Waals surface area contributed by atoms with Gasteiger partial charge in [-0.15, -0.1) is 0 Å². The number of aromatic nitrogens is 1. The monoisotopic (exact) mass is 682 g/mol. The van der Waals surface area contributed by atoms with E-state index < -0.39 is 0 Å². The minimum Gasteiger partial charge on any atom is -0.308 e. The Labute approximate surface area is 312 Å². The summed E-state index contributed by atoms with van der Waals surface area (Å²) in [5.41, 5.74) is 16.6. The molecule has 0 fully saturated rings. The van der Waals surface area contributed by atoms with Crippen LogP contribution in [-0.4, -0.2) is 4.57 Å². The van der Waals surface area contributed by atoms with Gasteiger partial charge in [0.2, 0.25) is 0 Å². The highest BCUT2D eigenvalue weighted by molar-refractivity contribution is 6.12. The van der Waals surface area contributed by atoms with Crippen molar-refractivity contribution in [3.05, 3.63) is 147 Å². The number of nitrogens with zero attached hydrogens (tertiary/aromatic N) is 1. The molecular weight excluding hydrogens is 615 g/mol. The molecule has 1 heterocycles. The van der Waals surface area contributed by atoms with E-state index in [0.29, 0.717) is 0 Å². The van der Waals surface area contributed by atoms with Crippen LogP contribution in [0.3, 0.4) is 0 Å². The second-order valence-electron chi connectivity index (χ2n) is 17.2. The van der Waals surface area contributed by atoms with Crippen molar-refractivity contribution in [2.45, 2.75) is 134 Å². The Bertz CT molecular complexity index is 1900. The topological polar surface area (TPSA) is 4.93 Å². The Morgan fingerprint density at radius 3 is 0.902 bits per heavy atom. The minimum absolute atomic E-state index is 0.101. The lowest BCUT2D eigenvalue weighted by Gasteiger charge is -2.24. The number of fused-ring (bicyclic) bond motifs is 3. The third kappa shape index (κ3) is 10.0. The number of benzene rings is 5. The van der Waals surface area contributed by atoms with Crippen LogP contribution in [-0.2, 0) is 16.2 Å². The Morgan fingerprint density at radius 2 is 0.647 bits per heavy atom. The van der Waals surface area contributed by atoms with E-state index in [1.54, 1.807) is 0 Å². The third-order valence-corrected chi connectivity index (χ3v) is 9.53. The van der Waals surface area contributed by atoms with Crippen LogP contribution in [0.4, 0.5) is 0 Å². The van der Waals surface area contributed by atoms with Gasteiger partial charge >= 0.3 is 0 Å². The maximum atomic E-state index is 2.57. The molecule has 1 nitrogen and oxygen atoms in total. The van der Waals surface area contributed by atoms with Crippen molar-refractivity contribution in [3.8, 4) is 5.69 Å². The van der Waals surface area contributed by atoms with Crippen molar-refractivity contribution >= 4 is 21.8 Å². The van der Waals surface area contributed by atoms with E-state index in [2.05, 4.69) is 169 Å². The number of aryl methyl sites for hydroxylation is 6. The van der Waals surface area contributed by atoms with Gasteiger partial charge in [-0.3, -0.25) is 0 Å². The summed E-state index contributed by atoms with van der Waals surface area (Å²) in [4.78, 5) is 0. The molecule has 0 aliphatic rings. The Hall–Kier alpha value is -4.10. The molecular formula is C50H67N. The molecule has 0 spiro atoms. The molecule has 0 bridgehead atoms. The van der Waals surface area contributed by atoms with Gasteiger partial charge in [-0.2, -0.15) is 0 Å².